The summed E-state index contributed by atoms with van der Waals surface area (Å²) in [5, 5.41) is 2.77. The third-order valence-electron chi connectivity index (χ3n) is 3.78. The van der Waals surface area contributed by atoms with Gasteiger partial charge in [0.25, 0.3) is 0 Å². The first-order valence-electron chi connectivity index (χ1n) is 8.42. The molecule has 2 amide bonds. The highest BCUT2D eigenvalue weighted by molar-refractivity contribution is 5.99. The number of aryl methyl sites for hydroxylation is 2. The molecule has 0 fully saturated rings. The zero-order valence-corrected chi connectivity index (χ0v) is 15.3. The number of amides is 2. The van der Waals surface area contributed by atoms with Gasteiger partial charge in [0, 0.05) is 31.0 Å². The molecule has 0 saturated heterocycles. The summed E-state index contributed by atoms with van der Waals surface area (Å²) in [6.45, 7) is 9.88. The highest BCUT2D eigenvalue weighted by atomic mass is 16.2. The molecule has 0 bridgehead atoms. The number of likely N-dealkylation sites (N-methyl/N-ethyl adjacent to an activating group) is 1. The third kappa shape index (κ3) is 6.14. The Bertz CT molecular complexity index is 609. The van der Waals surface area contributed by atoms with Crippen molar-refractivity contribution in [2.75, 3.05) is 13.1 Å². The van der Waals surface area contributed by atoms with Gasteiger partial charge in [-0.3, -0.25) is 14.4 Å². The molecule has 0 aliphatic rings. The molecule has 0 saturated carbocycles. The van der Waals surface area contributed by atoms with Crippen LogP contribution in [0.25, 0.3) is 0 Å². The summed E-state index contributed by atoms with van der Waals surface area (Å²) >= 11 is 0. The number of nitrogens with one attached hydrogen (secondary N) is 1. The van der Waals surface area contributed by atoms with E-state index in [4.69, 9.17) is 0 Å². The minimum absolute atomic E-state index is 0.0329. The molecule has 0 heterocycles. The Labute approximate surface area is 144 Å². The van der Waals surface area contributed by atoms with Crippen LogP contribution in [0.1, 0.15) is 55.1 Å². The lowest BCUT2D eigenvalue weighted by Gasteiger charge is -2.21. The van der Waals surface area contributed by atoms with Crippen molar-refractivity contribution in [2.24, 2.45) is 0 Å². The van der Waals surface area contributed by atoms with E-state index >= 15 is 0 Å². The number of hydrogen-bond acceptors (Lipinski definition) is 3. The Kier molecular flexibility index (Phi) is 7.62. The van der Waals surface area contributed by atoms with E-state index in [0.29, 0.717) is 12.1 Å². The maximum Gasteiger partial charge on any atom is 0.239 e. The standard InChI is InChI=1S/C19H28N2O3/c1-6-21(12-18(23)20-13(2)3)19(24)10-9-17(22)16-11-14(4)7-8-15(16)5/h7-8,11,13H,6,9-10,12H2,1-5H3,(H,20,23). The largest absolute Gasteiger partial charge is 0.352 e. The second-order valence-corrected chi connectivity index (χ2v) is 6.37. The Hall–Kier alpha value is -2.17. The molecule has 24 heavy (non-hydrogen) atoms. The van der Waals surface area contributed by atoms with E-state index in [2.05, 4.69) is 5.32 Å². The van der Waals surface area contributed by atoms with Gasteiger partial charge in [0.15, 0.2) is 5.78 Å². The van der Waals surface area contributed by atoms with Gasteiger partial charge >= 0.3 is 0 Å². The van der Waals surface area contributed by atoms with Crippen molar-refractivity contribution < 1.29 is 14.4 Å². The first-order chi connectivity index (χ1) is 11.2. The molecule has 5 nitrogen and oxygen atoms in total. The fraction of sp³-hybridized carbons (Fsp3) is 0.526. The lowest BCUT2D eigenvalue weighted by atomic mass is 9.99. The summed E-state index contributed by atoms with van der Waals surface area (Å²) in [7, 11) is 0. The topological polar surface area (TPSA) is 66.5 Å². The Morgan fingerprint density at radius 2 is 1.79 bits per heavy atom. The molecule has 0 spiro atoms. The smallest absolute Gasteiger partial charge is 0.239 e. The van der Waals surface area contributed by atoms with E-state index in [1.165, 1.54) is 4.90 Å². The van der Waals surface area contributed by atoms with Crippen molar-refractivity contribution in [3.05, 3.63) is 34.9 Å². The van der Waals surface area contributed by atoms with E-state index in [0.717, 1.165) is 11.1 Å². The first kappa shape index (κ1) is 19.9. The molecule has 1 aromatic carbocycles. The van der Waals surface area contributed by atoms with Gasteiger partial charge in [0.2, 0.25) is 11.8 Å². The predicted molar refractivity (Wildman–Crippen MR) is 95.0 cm³/mol. The van der Waals surface area contributed by atoms with E-state index in [1.54, 1.807) is 0 Å². The summed E-state index contributed by atoms with van der Waals surface area (Å²) in [5.41, 5.74) is 2.61. The molecular weight excluding hydrogens is 304 g/mol. The van der Waals surface area contributed by atoms with Gasteiger partial charge in [-0.15, -0.1) is 0 Å². The van der Waals surface area contributed by atoms with Gasteiger partial charge in [0.1, 0.15) is 0 Å². The molecule has 0 atom stereocenters. The van der Waals surface area contributed by atoms with E-state index in [-0.39, 0.29) is 43.0 Å². The van der Waals surface area contributed by atoms with Crippen LogP contribution in [0.2, 0.25) is 0 Å². The third-order valence-corrected chi connectivity index (χ3v) is 3.78. The molecule has 0 unspecified atom stereocenters. The summed E-state index contributed by atoms with van der Waals surface area (Å²) < 4.78 is 0. The molecular formula is C19H28N2O3. The minimum Gasteiger partial charge on any atom is -0.352 e. The van der Waals surface area contributed by atoms with Crippen LogP contribution in [-0.2, 0) is 9.59 Å². The summed E-state index contributed by atoms with van der Waals surface area (Å²) in [5.74, 6) is -0.386. The number of benzene rings is 1. The van der Waals surface area contributed by atoms with Crippen LogP contribution in [0.15, 0.2) is 18.2 Å². The van der Waals surface area contributed by atoms with Crippen molar-refractivity contribution >= 4 is 17.6 Å². The van der Waals surface area contributed by atoms with Gasteiger partial charge in [-0.25, -0.2) is 0 Å². The molecule has 5 heteroatoms. The summed E-state index contributed by atoms with van der Waals surface area (Å²) in [4.78, 5) is 37.9. The Morgan fingerprint density at radius 1 is 1.12 bits per heavy atom. The summed E-state index contributed by atoms with van der Waals surface area (Å²) in [6, 6.07) is 5.77. The zero-order chi connectivity index (χ0) is 18.3. The van der Waals surface area contributed by atoms with Crippen LogP contribution < -0.4 is 5.32 Å². The van der Waals surface area contributed by atoms with Crippen molar-refractivity contribution in [3.8, 4) is 0 Å². The summed E-state index contributed by atoms with van der Waals surface area (Å²) in [6.07, 6.45) is 0.278. The van der Waals surface area contributed by atoms with Crippen LogP contribution in [0.4, 0.5) is 0 Å². The number of ketones is 1. The Balaban J connectivity index is 2.61. The van der Waals surface area contributed by atoms with Crippen molar-refractivity contribution in [2.45, 2.75) is 53.5 Å². The number of rotatable bonds is 8. The van der Waals surface area contributed by atoms with Crippen LogP contribution in [0.3, 0.4) is 0 Å². The van der Waals surface area contributed by atoms with Crippen molar-refractivity contribution in [3.63, 3.8) is 0 Å². The van der Waals surface area contributed by atoms with Crippen LogP contribution in [0, 0.1) is 13.8 Å². The van der Waals surface area contributed by atoms with Crippen LogP contribution >= 0.6 is 0 Å². The fourth-order valence-corrected chi connectivity index (χ4v) is 2.47. The fourth-order valence-electron chi connectivity index (χ4n) is 2.47. The van der Waals surface area contributed by atoms with Crippen molar-refractivity contribution in [1.29, 1.82) is 0 Å². The van der Waals surface area contributed by atoms with Gasteiger partial charge in [-0.05, 0) is 46.2 Å². The van der Waals surface area contributed by atoms with Gasteiger partial charge in [-0.1, -0.05) is 17.7 Å². The highest BCUT2D eigenvalue weighted by Crippen LogP contribution is 2.14. The molecule has 1 N–H and O–H groups in total. The molecule has 1 aromatic rings. The molecule has 0 aliphatic carbocycles. The monoisotopic (exact) mass is 332 g/mol. The number of carbonyl (C=O) groups is 3. The second kappa shape index (κ2) is 9.21. The SMILES string of the molecule is CCN(CC(=O)NC(C)C)C(=O)CCC(=O)c1cc(C)ccc1C. The first-order valence-corrected chi connectivity index (χ1v) is 8.42. The molecule has 0 radical (unpaired) electrons. The normalized spacial score (nSPS) is 10.6. The van der Waals surface area contributed by atoms with Crippen LogP contribution in [-0.4, -0.2) is 41.6 Å². The molecule has 0 aromatic heterocycles. The number of Topliss-reactive ketones (excluding diaryl/α,β-unsaturated/α-hetero) is 1. The molecule has 0 aliphatic heterocycles. The Morgan fingerprint density at radius 3 is 2.38 bits per heavy atom. The highest BCUT2D eigenvalue weighted by Gasteiger charge is 2.18. The molecule has 1 rings (SSSR count). The lowest BCUT2D eigenvalue weighted by molar-refractivity contribution is -0.136. The minimum atomic E-state index is -0.180. The number of carbonyl (C=O) groups excluding carboxylic acids is 3. The van der Waals surface area contributed by atoms with Gasteiger partial charge in [0.05, 0.1) is 6.54 Å². The quantitative estimate of drug-likeness (QED) is 0.744. The maximum absolute atomic E-state index is 12.4. The van der Waals surface area contributed by atoms with Gasteiger partial charge in [-0.2, -0.15) is 0 Å². The average molecular weight is 332 g/mol. The average Bonchev–Trinajstić information content (AvgIpc) is 2.51. The second-order valence-electron chi connectivity index (χ2n) is 6.37. The zero-order valence-electron chi connectivity index (χ0n) is 15.3. The predicted octanol–water partition coefficient (Wildman–Crippen LogP) is 2.64. The maximum atomic E-state index is 12.4. The molecule has 132 valence electrons. The van der Waals surface area contributed by atoms with E-state index in [9.17, 15) is 14.4 Å². The van der Waals surface area contributed by atoms with E-state index in [1.807, 2.05) is 52.8 Å². The number of nitrogens with zero attached hydrogens (tertiary/aromatic N) is 1. The van der Waals surface area contributed by atoms with E-state index < -0.39 is 0 Å². The van der Waals surface area contributed by atoms with Crippen molar-refractivity contribution in [1.82, 2.24) is 10.2 Å². The lowest BCUT2D eigenvalue weighted by Crippen LogP contribution is -2.42. The number of hydrogen-bond donors (Lipinski definition) is 1. The van der Waals surface area contributed by atoms with Gasteiger partial charge < -0.3 is 10.2 Å². The van der Waals surface area contributed by atoms with Crippen LogP contribution in [0.5, 0.6) is 0 Å².